The number of piperidine rings is 1. The van der Waals surface area contributed by atoms with Gasteiger partial charge in [-0.25, -0.2) is 0 Å². The lowest BCUT2D eigenvalue weighted by molar-refractivity contribution is -0.273. The second-order valence-corrected chi connectivity index (χ2v) is 14.3. The summed E-state index contributed by atoms with van der Waals surface area (Å²) in [5.74, 6) is 2.21. The molecule has 5 aliphatic carbocycles. The Kier molecular flexibility index (Phi) is 5.70. The van der Waals surface area contributed by atoms with E-state index < -0.39 is 5.60 Å². The first-order chi connectivity index (χ1) is 19.0. The third-order valence-corrected chi connectivity index (χ3v) is 12.9. The lowest BCUT2D eigenvalue weighted by Gasteiger charge is -2.69. The zero-order valence-corrected chi connectivity index (χ0v) is 23.7. The van der Waals surface area contributed by atoms with E-state index in [1.54, 1.807) is 0 Å². The van der Waals surface area contributed by atoms with Crippen molar-refractivity contribution in [2.75, 3.05) is 13.1 Å². The van der Waals surface area contributed by atoms with Crippen molar-refractivity contribution in [3.8, 4) is 0 Å². The van der Waals surface area contributed by atoms with Crippen LogP contribution in [0.4, 0.5) is 0 Å². The number of fused-ring (bicyclic) bond motifs is 2. The molecule has 208 valence electrons. The van der Waals surface area contributed by atoms with E-state index in [1.807, 2.05) is 0 Å². The Balaban J connectivity index is 1.20. The van der Waals surface area contributed by atoms with Crippen molar-refractivity contribution in [2.24, 2.45) is 40.4 Å². The minimum absolute atomic E-state index is 0.116. The van der Waals surface area contributed by atoms with Gasteiger partial charge in [-0.15, -0.1) is 0 Å². The van der Waals surface area contributed by atoms with Gasteiger partial charge < -0.3 is 14.6 Å². The lowest BCUT2D eigenvalue weighted by atomic mass is 9.43. The van der Waals surface area contributed by atoms with Crippen molar-refractivity contribution in [3.63, 3.8) is 0 Å². The minimum Gasteiger partial charge on any atom is -0.389 e. The Morgan fingerprint density at radius 1 is 0.872 bits per heavy atom. The molecular formula is C35H45NO3. The molecule has 1 aliphatic heterocycles. The van der Waals surface area contributed by atoms with E-state index in [4.69, 9.17) is 9.47 Å². The summed E-state index contributed by atoms with van der Waals surface area (Å²) < 4.78 is 14.0. The zero-order valence-electron chi connectivity index (χ0n) is 23.7. The van der Waals surface area contributed by atoms with Crippen LogP contribution in [0.1, 0.15) is 63.5 Å². The maximum atomic E-state index is 12.8. The Hall–Kier alpha value is -1.72. The van der Waals surface area contributed by atoms with Crippen LogP contribution in [0, 0.1) is 40.4 Å². The molecule has 1 saturated heterocycles. The fraction of sp³-hybridized carbons (Fsp3) is 0.657. The number of rotatable bonds is 7. The molecule has 0 aromatic heterocycles. The smallest absolute Gasteiger partial charge is 0.0746 e. The van der Waals surface area contributed by atoms with E-state index in [0.717, 1.165) is 25.8 Å². The summed E-state index contributed by atoms with van der Waals surface area (Å²) in [6.45, 7) is 8.54. The van der Waals surface area contributed by atoms with E-state index in [9.17, 15) is 5.11 Å². The van der Waals surface area contributed by atoms with Crippen LogP contribution in [0.5, 0.6) is 0 Å². The molecule has 1 heterocycles. The molecule has 2 aromatic carbocycles. The van der Waals surface area contributed by atoms with Crippen molar-refractivity contribution < 1.29 is 14.6 Å². The van der Waals surface area contributed by atoms with Crippen LogP contribution in [-0.4, -0.2) is 46.9 Å². The molecule has 1 N–H and O–H groups in total. The second-order valence-electron chi connectivity index (χ2n) is 14.3. The number of hydrogen-bond acceptors (Lipinski definition) is 4. The van der Waals surface area contributed by atoms with E-state index in [2.05, 4.69) is 79.4 Å². The molecule has 0 radical (unpaired) electrons. The van der Waals surface area contributed by atoms with E-state index in [-0.39, 0.29) is 23.5 Å². The highest BCUT2D eigenvalue weighted by atomic mass is 16.5. The summed E-state index contributed by atoms with van der Waals surface area (Å²) in [7, 11) is 0. The Labute approximate surface area is 234 Å². The van der Waals surface area contributed by atoms with E-state index in [1.165, 1.54) is 36.9 Å². The summed E-state index contributed by atoms with van der Waals surface area (Å²) in [5, 5.41) is 12.8. The minimum atomic E-state index is -0.616. The van der Waals surface area contributed by atoms with Crippen LogP contribution < -0.4 is 0 Å². The van der Waals surface area contributed by atoms with Gasteiger partial charge in [0.15, 0.2) is 0 Å². The van der Waals surface area contributed by atoms with Crippen LogP contribution >= 0.6 is 0 Å². The summed E-state index contributed by atoms with van der Waals surface area (Å²) in [4.78, 5) is 2.81. The molecule has 39 heavy (non-hydrogen) atoms. The standard InChI is InChI=1S/C35H45NO3/c1-3-36-22-33(2)16-15-29(38-20-23-10-6-4-7-11-23)35-26-18-25-14-17-34(37,27(32(35)36)19-28(33)35)30(26)31(25)39-21-24-12-8-5-9-13-24/h4-13,25-32,37H,3,14-22H2,1-2H3/t25-,26?,27?,28+,29?,30?,31?,32+,33-,34-,35?/m0/s1. The molecule has 5 saturated carbocycles. The van der Waals surface area contributed by atoms with Crippen molar-refractivity contribution >= 4 is 0 Å². The van der Waals surface area contributed by atoms with Crippen LogP contribution in [-0.2, 0) is 22.7 Å². The van der Waals surface area contributed by atoms with Gasteiger partial charge in [0, 0.05) is 29.8 Å². The quantitative estimate of drug-likeness (QED) is 0.474. The summed E-state index contributed by atoms with van der Waals surface area (Å²) >= 11 is 0. The number of hydrogen-bond donors (Lipinski definition) is 1. The number of ether oxygens (including phenoxy) is 2. The summed E-state index contributed by atoms with van der Waals surface area (Å²) in [6.07, 6.45) is 7.23. The van der Waals surface area contributed by atoms with Gasteiger partial charge in [0.05, 0.1) is 31.0 Å². The van der Waals surface area contributed by atoms with Gasteiger partial charge >= 0.3 is 0 Å². The average Bonchev–Trinajstić information content (AvgIpc) is 3.41. The maximum Gasteiger partial charge on any atom is 0.0746 e. The molecule has 0 amide bonds. The first-order valence-electron chi connectivity index (χ1n) is 15.8. The van der Waals surface area contributed by atoms with Gasteiger partial charge in [-0.3, -0.25) is 4.90 Å². The molecule has 11 atom stereocenters. The SMILES string of the molecule is CCN1C[C@]2(C)CCC(OCc3ccccc3)C34C5C[C@@H]6CC[C@@](O)(C5C6OCc5ccccc5)C(C[C@@H]32)[C@@H]14. The third kappa shape index (κ3) is 3.32. The maximum absolute atomic E-state index is 12.8. The highest BCUT2D eigenvalue weighted by Crippen LogP contribution is 2.79. The number of aliphatic hydroxyl groups is 1. The monoisotopic (exact) mass is 527 g/mol. The van der Waals surface area contributed by atoms with Crippen LogP contribution in [0.25, 0.3) is 0 Å². The van der Waals surface area contributed by atoms with Gasteiger partial charge in [0.25, 0.3) is 0 Å². The van der Waals surface area contributed by atoms with Crippen molar-refractivity contribution in [3.05, 3.63) is 71.8 Å². The Morgan fingerprint density at radius 2 is 1.56 bits per heavy atom. The van der Waals surface area contributed by atoms with Gasteiger partial charge in [-0.2, -0.15) is 0 Å². The van der Waals surface area contributed by atoms with Crippen molar-refractivity contribution in [1.29, 1.82) is 0 Å². The summed E-state index contributed by atoms with van der Waals surface area (Å²) in [5.41, 5.74) is 2.32. The molecule has 7 bridgehead atoms. The largest absolute Gasteiger partial charge is 0.389 e. The van der Waals surface area contributed by atoms with Crippen molar-refractivity contribution in [2.45, 2.75) is 89.4 Å². The van der Waals surface area contributed by atoms with Gasteiger partial charge in [-0.1, -0.05) is 74.5 Å². The van der Waals surface area contributed by atoms with Crippen molar-refractivity contribution in [1.82, 2.24) is 4.90 Å². The lowest BCUT2D eigenvalue weighted by Crippen LogP contribution is -2.75. The zero-order chi connectivity index (χ0) is 26.4. The van der Waals surface area contributed by atoms with Crippen LogP contribution in [0.3, 0.4) is 0 Å². The molecule has 4 nitrogen and oxygen atoms in total. The second kappa shape index (κ2) is 8.89. The first kappa shape index (κ1) is 25.0. The molecule has 6 unspecified atom stereocenters. The van der Waals surface area contributed by atoms with Crippen LogP contribution in [0.2, 0.25) is 0 Å². The van der Waals surface area contributed by atoms with Gasteiger partial charge in [0.2, 0.25) is 0 Å². The highest BCUT2D eigenvalue weighted by molar-refractivity contribution is 5.32. The van der Waals surface area contributed by atoms with Gasteiger partial charge in [0.1, 0.15) is 0 Å². The van der Waals surface area contributed by atoms with Crippen LogP contribution in [0.15, 0.2) is 60.7 Å². The number of nitrogens with zero attached hydrogens (tertiary/aromatic N) is 1. The Bertz CT molecular complexity index is 1200. The predicted octanol–water partition coefficient (Wildman–Crippen LogP) is 6.07. The molecule has 1 spiro atoms. The fourth-order valence-electron chi connectivity index (χ4n) is 11.7. The predicted molar refractivity (Wildman–Crippen MR) is 152 cm³/mol. The Morgan fingerprint density at radius 3 is 2.26 bits per heavy atom. The normalized spacial score (nSPS) is 47.4. The third-order valence-electron chi connectivity index (χ3n) is 12.9. The van der Waals surface area contributed by atoms with E-state index >= 15 is 0 Å². The fourth-order valence-corrected chi connectivity index (χ4v) is 11.7. The summed E-state index contributed by atoms with van der Waals surface area (Å²) in [6, 6.07) is 21.8. The molecule has 8 rings (SSSR count). The van der Waals surface area contributed by atoms with Gasteiger partial charge in [-0.05, 0) is 79.4 Å². The molecule has 2 aromatic rings. The number of benzene rings is 2. The van der Waals surface area contributed by atoms with E-state index in [0.29, 0.717) is 48.3 Å². The highest BCUT2D eigenvalue weighted by Gasteiger charge is 2.82. The molecule has 6 aliphatic rings. The average molecular weight is 528 g/mol. The molecular weight excluding hydrogens is 482 g/mol. The first-order valence-corrected chi connectivity index (χ1v) is 15.8. The molecule has 4 heteroatoms. The number of likely N-dealkylation sites (tertiary alicyclic amines) is 1. The topological polar surface area (TPSA) is 41.9 Å². The molecule has 6 fully saturated rings.